The van der Waals surface area contributed by atoms with Crippen LogP contribution in [0.3, 0.4) is 0 Å². The number of rotatable bonds is 12. The van der Waals surface area contributed by atoms with E-state index < -0.39 is 28.5 Å². The molecule has 0 spiro atoms. The number of amides is 2. The fourth-order valence-corrected chi connectivity index (χ4v) is 4.97. The Bertz CT molecular complexity index is 1140. The zero-order chi connectivity index (χ0) is 26.2. The summed E-state index contributed by atoms with van der Waals surface area (Å²) >= 11 is 12.4. The third kappa shape index (κ3) is 8.40. The molecule has 0 saturated carbocycles. The second-order valence-electron chi connectivity index (χ2n) is 8.43. The predicted molar refractivity (Wildman–Crippen MR) is 142 cm³/mol. The first-order valence-corrected chi connectivity index (χ1v) is 14.1. The molecule has 0 unspecified atom stereocenters. The summed E-state index contributed by atoms with van der Waals surface area (Å²) in [5.74, 6) is -0.804. The van der Waals surface area contributed by atoms with E-state index in [0.29, 0.717) is 34.3 Å². The Kier molecular flexibility index (Phi) is 10.9. The Balaban J connectivity index is 2.44. The molecule has 1 atom stereocenters. The lowest BCUT2D eigenvalue weighted by molar-refractivity contribution is -0.140. The summed E-state index contributed by atoms with van der Waals surface area (Å²) in [6.45, 7) is 5.74. The molecule has 2 aromatic rings. The molecule has 0 saturated heterocycles. The molecule has 0 bridgehead atoms. The van der Waals surface area contributed by atoms with E-state index in [0.717, 1.165) is 29.0 Å². The van der Waals surface area contributed by atoms with E-state index in [1.54, 1.807) is 36.4 Å². The molecule has 2 amide bonds. The number of unbranched alkanes of at least 4 members (excludes halogenated alkanes) is 1. The van der Waals surface area contributed by atoms with E-state index in [9.17, 15) is 18.0 Å². The Hall–Kier alpha value is -2.29. The van der Waals surface area contributed by atoms with Gasteiger partial charge in [0, 0.05) is 23.1 Å². The standard InChI is InChI=1S/C25H33Cl2N3O4S/c1-5-7-13-28-25(32)23(6-2)29(16-19-11-12-20(26)15-22(19)27)24(31)17-30(35(4,33)34)21-10-8-9-18(3)14-21/h8-12,14-15,23H,5-7,13,16-17H2,1-4H3,(H,28,32)/t23-/m0/s1. The number of hydrogen-bond acceptors (Lipinski definition) is 4. The van der Waals surface area contributed by atoms with Gasteiger partial charge in [-0.05, 0) is 55.2 Å². The highest BCUT2D eigenvalue weighted by Crippen LogP contribution is 2.25. The Labute approximate surface area is 218 Å². The maximum absolute atomic E-state index is 13.6. The number of halogens is 2. The molecule has 2 rings (SSSR count). The number of anilines is 1. The van der Waals surface area contributed by atoms with Crippen LogP contribution in [0.1, 0.15) is 44.2 Å². The summed E-state index contributed by atoms with van der Waals surface area (Å²) in [5.41, 5.74) is 1.84. The van der Waals surface area contributed by atoms with Gasteiger partial charge in [-0.1, -0.05) is 61.7 Å². The Morgan fingerprint density at radius 2 is 1.80 bits per heavy atom. The van der Waals surface area contributed by atoms with Gasteiger partial charge in [0.1, 0.15) is 12.6 Å². The fourth-order valence-electron chi connectivity index (χ4n) is 3.66. The van der Waals surface area contributed by atoms with E-state index in [1.807, 2.05) is 26.8 Å². The molecule has 192 valence electrons. The summed E-state index contributed by atoms with van der Waals surface area (Å²) in [4.78, 5) is 28.1. The number of sulfonamides is 1. The second-order valence-corrected chi connectivity index (χ2v) is 11.2. The van der Waals surface area contributed by atoms with E-state index in [4.69, 9.17) is 23.2 Å². The van der Waals surface area contributed by atoms with Crippen molar-refractivity contribution in [1.29, 1.82) is 0 Å². The summed E-state index contributed by atoms with van der Waals surface area (Å²) in [6.07, 6.45) is 3.13. The van der Waals surface area contributed by atoms with Gasteiger partial charge in [-0.25, -0.2) is 8.42 Å². The van der Waals surface area contributed by atoms with Crippen LogP contribution in [0, 0.1) is 6.92 Å². The molecule has 0 fully saturated rings. The third-order valence-electron chi connectivity index (χ3n) is 5.54. The summed E-state index contributed by atoms with van der Waals surface area (Å²) in [7, 11) is -3.78. The molecular formula is C25H33Cl2N3O4S. The molecule has 0 aromatic heterocycles. The average Bonchev–Trinajstić information content (AvgIpc) is 2.78. The summed E-state index contributed by atoms with van der Waals surface area (Å²) in [5, 5.41) is 3.69. The minimum absolute atomic E-state index is 0.0277. The molecular weight excluding hydrogens is 509 g/mol. The smallest absolute Gasteiger partial charge is 0.244 e. The van der Waals surface area contributed by atoms with Gasteiger partial charge < -0.3 is 10.2 Å². The highest BCUT2D eigenvalue weighted by atomic mass is 35.5. The predicted octanol–water partition coefficient (Wildman–Crippen LogP) is 4.79. The van der Waals surface area contributed by atoms with Gasteiger partial charge in [-0.3, -0.25) is 13.9 Å². The van der Waals surface area contributed by atoms with Crippen molar-refractivity contribution in [2.45, 2.75) is 52.6 Å². The van der Waals surface area contributed by atoms with E-state index >= 15 is 0 Å². The monoisotopic (exact) mass is 541 g/mol. The Morgan fingerprint density at radius 3 is 2.37 bits per heavy atom. The molecule has 0 aliphatic carbocycles. The van der Waals surface area contributed by atoms with Gasteiger partial charge in [0.2, 0.25) is 21.8 Å². The molecule has 0 radical (unpaired) electrons. The number of nitrogens with one attached hydrogen (secondary N) is 1. The summed E-state index contributed by atoms with van der Waals surface area (Å²) in [6, 6.07) is 11.0. The molecule has 7 nitrogen and oxygen atoms in total. The van der Waals surface area contributed by atoms with E-state index in [-0.39, 0.29) is 12.5 Å². The van der Waals surface area contributed by atoms with Crippen LogP contribution in [0.25, 0.3) is 0 Å². The molecule has 2 aromatic carbocycles. The first-order chi connectivity index (χ1) is 16.5. The van der Waals surface area contributed by atoms with Crippen molar-refractivity contribution >= 4 is 50.7 Å². The van der Waals surface area contributed by atoms with Crippen LogP contribution < -0.4 is 9.62 Å². The number of nitrogens with zero attached hydrogens (tertiary/aromatic N) is 2. The van der Waals surface area contributed by atoms with Gasteiger partial charge in [-0.15, -0.1) is 0 Å². The van der Waals surface area contributed by atoms with Crippen LogP contribution >= 0.6 is 23.2 Å². The molecule has 0 aliphatic heterocycles. The lowest BCUT2D eigenvalue weighted by Gasteiger charge is -2.33. The minimum atomic E-state index is -3.78. The van der Waals surface area contributed by atoms with Crippen molar-refractivity contribution in [3.05, 3.63) is 63.6 Å². The molecule has 0 aliphatic rings. The van der Waals surface area contributed by atoms with Gasteiger partial charge in [0.15, 0.2) is 0 Å². The van der Waals surface area contributed by atoms with E-state index in [2.05, 4.69) is 5.32 Å². The summed E-state index contributed by atoms with van der Waals surface area (Å²) < 4.78 is 26.3. The first-order valence-electron chi connectivity index (χ1n) is 11.5. The number of carbonyl (C=O) groups is 2. The van der Waals surface area contributed by atoms with Crippen molar-refractivity contribution in [3.63, 3.8) is 0 Å². The topological polar surface area (TPSA) is 86.8 Å². The van der Waals surface area contributed by atoms with Crippen molar-refractivity contribution < 1.29 is 18.0 Å². The van der Waals surface area contributed by atoms with Crippen LogP contribution in [0.5, 0.6) is 0 Å². The SMILES string of the molecule is CCCCNC(=O)[C@H](CC)N(Cc1ccc(Cl)cc1Cl)C(=O)CN(c1cccc(C)c1)S(C)(=O)=O. The number of hydrogen-bond donors (Lipinski definition) is 1. The highest BCUT2D eigenvalue weighted by molar-refractivity contribution is 7.92. The Morgan fingerprint density at radius 1 is 1.09 bits per heavy atom. The second kappa shape index (κ2) is 13.1. The maximum Gasteiger partial charge on any atom is 0.244 e. The fraction of sp³-hybridized carbons (Fsp3) is 0.440. The quantitative estimate of drug-likeness (QED) is 0.391. The largest absolute Gasteiger partial charge is 0.354 e. The number of benzene rings is 2. The maximum atomic E-state index is 13.6. The van der Waals surface area contributed by atoms with Crippen LogP contribution in [-0.4, -0.2) is 50.5 Å². The molecule has 10 heteroatoms. The van der Waals surface area contributed by atoms with Gasteiger partial charge in [0.05, 0.1) is 11.9 Å². The number of carbonyl (C=O) groups excluding carboxylic acids is 2. The van der Waals surface area contributed by atoms with Gasteiger partial charge in [-0.2, -0.15) is 0 Å². The molecule has 0 heterocycles. The van der Waals surface area contributed by atoms with Crippen molar-refractivity contribution in [1.82, 2.24) is 10.2 Å². The average molecular weight is 543 g/mol. The molecule has 35 heavy (non-hydrogen) atoms. The lowest BCUT2D eigenvalue weighted by atomic mass is 10.1. The highest BCUT2D eigenvalue weighted by Gasteiger charge is 2.32. The first kappa shape index (κ1) is 28.9. The zero-order valence-electron chi connectivity index (χ0n) is 20.6. The molecule has 1 N–H and O–H groups in total. The normalized spacial score (nSPS) is 12.2. The van der Waals surface area contributed by atoms with Crippen LogP contribution in [0.4, 0.5) is 5.69 Å². The van der Waals surface area contributed by atoms with Gasteiger partial charge >= 0.3 is 0 Å². The van der Waals surface area contributed by atoms with Crippen LogP contribution in [-0.2, 0) is 26.2 Å². The minimum Gasteiger partial charge on any atom is -0.354 e. The van der Waals surface area contributed by atoms with Crippen molar-refractivity contribution in [2.75, 3.05) is 23.7 Å². The zero-order valence-corrected chi connectivity index (χ0v) is 22.9. The van der Waals surface area contributed by atoms with Gasteiger partial charge in [0.25, 0.3) is 0 Å². The van der Waals surface area contributed by atoms with Crippen LogP contribution in [0.2, 0.25) is 10.0 Å². The lowest BCUT2D eigenvalue weighted by Crippen LogP contribution is -2.52. The van der Waals surface area contributed by atoms with E-state index in [1.165, 1.54) is 4.90 Å². The van der Waals surface area contributed by atoms with Crippen LogP contribution in [0.15, 0.2) is 42.5 Å². The third-order valence-corrected chi connectivity index (χ3v) is 7.27. The van der Waals surface area contributed by atoms with Crippen molar-refractivity contribution in [3.8, 4) is 0 Å². The number of aryl methyl sites for hydroxylation is 1. The van der Waals surface area contributed by atoms with Crippen molar-refractivity contribution in [2.24, 2.45) is 0 Å².